The van der Waals surface area contributed by atoms with Crippen LogP contribution in [-0.4, -0.2) is 4.98 Å². The lowest BCUT2D eigenvalue weighted by Crippen LogP contribution is -2.21. The van der Waals surface area contributed by atoms with Gasteiger partial charge in [0.25, 0.3) is 0 Å². The molecule has 102 valence electrons. The molecule has 1 N–H and O–H groups in total. The van der Waals surface area contributed by atoms with E-state index in [4.69, 9.17) is 16.0 Å². The van der Waals surface area contributed by atoms with Crippen LogP contribution in [-0.2, 0) is 6.54 Å². The Labute approximate surface area is 119 Å². The molecule has 0 aliphatic carbocycles. The van der Waals surface area contributed by atoms with E-state index in [2.05, 4.69) is 29.4 Å². The molecule has 1 unspecified atom stereocenters. The Balaban J connectivity index is 2.01. The molecule has 1 aromatic carbocycles. The van der Waals surface area contributed by atoms with Gasteiger partial charge in [-0.3, -0.25) is 0 Å². The van der Waals surface area contributed by atoms with Crippen molar-refractivity contribution in [3.63, 3.8) is 0 Å². The zero-order valence-electron chi connectivity index (χ0n) is 11.3. The summed E-state index contributed by atoms with van der Waals surface area (Å²) in [5, 5.41) is 4.25. The molecule has 0 aliphatic rings. The van der Waals surface area contributed by atoms with Gasteiger partial charge in [-0.05, 0) is 31.0 Å². The van der Waals surface area contributed by atoms with E-state index in [9.17, 15) is 0 Å². The first-order valence-electron chi connectivity index (χ1n) is 6.59. The van der Waals surface area contributed by atoms with E-state index in [1.54, 1.807) is 6.20 Å². The van der Waals surface area contributed by atoms with Crippen molar-refractivity contribution in [2.45, 2.75) is 39.3 Å². The van der Waals surface area contributed by atoms with E-state index in [0.29, 0.717) is 12.6 Å². The average molecular weight is 279 g/mol. The third-order valence-corrected chi connectivity index (χ3v) is 3.27. The standard InChI is InChI=1S/C15H19ClN2O/c1-3-4-14(12-5-7-13(16)8-6-12)17-10-15-18-9-11(2)19-15/h5-9,14,17H,3-4,10H2,1-2H3. The van der Waals surface area contributed by atoms with Gasteiger partial charge in [0.05, 0.1) is 12.7 Å². The van der Waals surface area contributed by atoms with Crippen LogP contribution in [0, 0.1) is 6.92 Å². The molecule has 0 spiro atoms. The van der Waals surface area contributed by atoms with Gasteiger partial charge in [0.2, 0.25) is 5.89 Å². The smallest absolute Gasteiger partial charge is 0.208 e. The van der Waals surface area contributed by atoms with Crippen LogP contribution in [0.4, 0.5) is 0 Å². The molecule has 0 bridgehead atoms. The van der Waals surface area contributed by atoms with Crippen LogP contribution in [0.3, 0.4) is 0 Å². The molecule has 0 saturated heterocycles. The largest absolute Gasteiger partial charge is 0.445 e. The number of oxazole rings is 1. The zero-order valence-corrected chi connectivity index (χ0v) is 12.1. The maximum absolute atomic E-state index is 5.92. The molecule has 1 atom stereocenters. The molecule has 0 saturated carbocycles. The molecule has 2 rings (SSSR count). The average Bonchev–Trinajstić information content (AvgIpc) is 2.81. The highest BCUT2D eigenvalue weighted by atomic mass is 35.5. The van der Waals surface area contributed by atoms with E-state index < -0.39 is 0 Å². The van der Waals surface area contributed by atoms with Crippen LogP contribution in [0.2, 0.25) is 5.02 Å². The fourth-order valence-corrected chi connectivity index (χ4v) is 2.19. The second-order valence-corrected chi connectivity index (χ2v) is 5.07. The second-order valence-electron chi connectivity index (χ2n) is 4.64. The molecule has 0 fully saturated rings. The minimum atomic E-state index is 0.300. The number of aryl methyl sites for hydroxylation is 1. The number of nitrogens with zero attached hydrogens (tertiary/aromatic N) is 1. The van der Waals surface area contributed by atoms with Crippen molar-refractivity contribution in [1.82, 2.24) is 10.3 Å². The molecular weight excluding hydrogens is 260 g/mol. The molecule has 3 nitrogen and oxygen atoms in total. The number of hydrogen-bond donors (Lipinski definition) is 1. The molecular formula is C15H19ClN2O. The summed E-state index contributed by atoms with van der Waals surface area (Å²) in [6, 6.07) is 8.29. The summed E-state index contributed by atoms with van der Waals surface area (Å²) in [6.45, 7) is 4.72. The summed E-state index contributed by atoms with van der Waals surface area (Å²) in [6.07, 6.45) is 3.93. The summed E-state index contributed by atoms with van der Waals surface area (Å²) < 4.78 is 5.47. The van der Waals surface area contributed by atoms with Gasteiger partial charge in [-0.15, -0.1) is 0 Å². The van der Waals surface area contributed by atoms with Gasteiger partial charge < -0.3 is 9.73 Å². The maximum atomic E-state index is 5.92. The van der Waals surface area contributed by atoms with Crippen molar-refractivity contribution < 1.29 is 4.42 Å². The number of benzene rings is 1. The second kappa shape index (κ2) is 6.73. The van der Waals surface area contributed by atoms with Crippen molar-refractivity contribution in [3.8, 4) is 0 Å². The van der Waals surface area contributed by atoms with Gasteiger partial charge in [-0.1, -0.05) is 37.1 Å². The molecule has 1 aromatic heterocycles. The fourth-order valence-electron chi connectivity index (χ4n) is 2.06. The van der Waals surface area contributed by atoms with Gasteiger partial charge in [0.15, 0.2) is 0 Å². The third kappa shape index (κ3) is 4.08. The van der Waals surface area contributed by atoms with Crippen molar-refractivity contribution in [3.05, 3.63) is 52.7 Å². The van der Waals surface area contributed by atoms with Crippen LogP contribution < -0.4 is 5.32 Å². The van der Waals surface area contributed by atoms with Crippen LogP contribution in [0.15, 0.2) is 34.9 Å². The minimum absolute atomic E-state index is 0.300. The summed E-state index contributed by atoms with van der Waals surface area (Å²) >= 11 is 5.92. The Bertz CT molecular complexity index is 507. The van der Waals surface area contributed by atoms with Crippen LogP contribution in [0.1, 0.15) is 43.0 Å². The Kier molecular flexibility index (Phi) is 5.00. The first-order chi connectivity index (χ1) is 9.19. The van der Waals surface area contributed by atoms with Gasteiger partial charge in [-0.2, -0.15) is 0 Å². The van der Waals surface area contributed by atoms with Crippen LogP contribution in [0.5, 0.6) is 0 Å². The zero-order chi connectivity index (χ0) is 13.7. The number of hydrogen-bond acceptors (Lipinski definition) is 3. The number of rotatable bonds is 6. The fraction of sp³-hybridized carbons (Fsp3) is 0.400. The van der Waals surface area contributed by atoms with E-state index in [1.165, 1.54) is 5.56 Å². The quantitative estimate of drug-likeness (QED) is 0.858. The third-order valence-electron chi connectivity index (χ3n) is 3.02. The Hall–Kier alpha value is -1.32. The van der Waals surface area contributed by atoms with E-state index in [1.807, 2.05) is 19.1 Å². The van der Waals surface area contributed by atoms with Crippen molar-refractivity contribution >= 4 is 11.6 Å². The van der Waals surface area contributed by atoms with Gasteiger partial charge in [0.1, 0.15) is 5.76 Å². The van der Waals surface area contributed by atoms with E-state index in [0.717, 1.165) is 29.5 Å². The highest BCUT2D eigenvalue weighted by molar-refractivity contribution is 6.30. The minimum Gasteiger partial charge on any atom is -0.445 e. The van der Waals surface area contributed by atoms with Gasteiger partial charge in [-0.25, -0.2) is 4.98 Å². The Morgan fingerprint density at radius 1 is 1.32 bits per heavy atom. The van der Waals surface area contributed by atoms with Crippen molar-refractivity contribution in [2.24, 2.45) is 0 Å². The predicted octanol–water partition coefficient (Wildman–Crippen LogP) is 4.27. The maximum Gasteiger partial charge on any atom is 0.208 e. The lowest BCUT2D eigenvalue weighted by Gasteiger charge is -2.17. The number of aromatic nitrogens is 1. The molecule has 2 aromatic rings. The summed E-state index contributed by atoms with van der Waals surface area (Å²) in [7, 11) is 0. The lowest BCUT2D eigenvalue weighted by molar-refractivity contribution is 0.413. The highest BCUT2D eigenvalue weighted by Gasteiger charge is 2.11. The summed E-state index contributed by atoms with van der Waals surface area (Å²) in [4.78, 5) is 4.21. The molecule has 0 aliphatic heterocycles. The summed E-state index contributed by atoms with van der Waals surface area (Å²) in [5.41, 5.74) is 1.24. The molecule has 0 amide bonds. The van der Waals surface area contributed by atoms with Crippen LogP contribution >= 0.6 is 11.6 Å². The molecule has 0 radical (unpaired) electrons. The molecule has 19 heavy (non-hydrogen) atoms. The molecule has 4 heteroatoms. The van der Waals surface area contributed by atoms with Crippen molar-refractivity contribution in [1.29, 1.82) is 0 Å². The first-order valence-corrected chi connectivity index (χ1v) is 6.97. The topological polar surface area (TPSA) is 38.1 Å². The van der Waals surface area contributed by atoms with Gasteiger partial charge in [0, 0.05) is 11.1 Å². The monoisotopic (exact) mass is 278 g/mol. The first kappa shape index (κ1) is 14.1. The Morgan fingerprint density at radius 3 is 2.63 bits per heavy atom. The normalized spacial score (nSPS) is 12.6. The SMILES string of the molecule is CCCC(NCc1ncc(C)o1)c1ccc(Cl)cc1. The summed E-state index contributed by atoms with van der Waals surface area (Å²) in [5.74, 6) is 1.57. The Morgan fingerprint density at radius 2 is 2.05 bits per heavy atom. The molecule has 1 heterocycles. The lowest BCUT2D eigenvalue weighted by atomic mass is 10.0. The predicted molar refractivity (Wildman–Crippen MR) is 77.2 cm³/mol. The van der Waals surface area contributed by atoms with Crippen LogP contribution in [0.25, 0.3) is 0 Å². The number of nitrogens with one attached hydrogen (secondary N) is 1. The van der Waals surface area contributed by atoms with E-state index >= 15 is 0 Å². The van der Waals surface area contributed by atoms with E-state index in [-0.39, 0.29) is 0 Å². The van der Waals surface area contributed by atoms with Crippen molar-refractivity contribution in [2.75, 3.05) is 0 Å². The number of halogens is 1. The van der Waals surface area contributed by atoms with Gasteiger partial charge >= 0.3 is 0 Å². The highest BCUT2D eigenvalue weighted by Crippen LogP contribution is 2.21.